The summed E-state index contributed by atoms with van der Waals surface area (Å²) in [6, 6.07) is 8.52. The Labute approximate surface area is 165 Å². The molecular formula is C20H22FN6P. The smallest absolute Gasteiger partial charge is 0.135 e. The first kappa shape index (κ1) is 18.8. The Morgan fingerprint density at radius 2 is 2.07 bits per heavy atom. The van der Waals surface area contributed by atoms with Crippen molar-refractivity contribution >= 4 is 26.0 Å². The van der Waals surface area contributed by atoms with Crippen LogP contribution in [0.5, 0.6) is 0 Å². The highest BCUT2D eigenvalue weighted by Crippen LogP contribution is 2.28. The zero-order valence-corrected chi connectivity index (χ0v) is 16.8. The van der Waals surface area contributed by atoms with Gasteiger partial charge in [-0.2, -0.15) is 10.2 Å². The quantitative estimate of drug-likeness (QED) is 0.684. The molecule has 0 amide bonds. The fraction of sp³-hybridized carbons (Fsp3) is 0.300. The van der Waals surface area contributed by atoms with Crippen molar-refractivity contribution in [2.24, 2.45) is 0 Å². The molecule has 3 aromatic rings. The lowest BCUT2D eigenvalue weighted by atomic mass is 9.97. The average Bonchev–Trinajstić information content (AvgIpc) is 2.67. The maximum absolute atomic E-state index is 13.8. The van der Waals surface area contributed by atoms with Gasteiger partial charge < -0.3 is 10.2 Å². The molecule has 1 aliphatic heterocycles. The van der Waals surface area contributed by atoms with Crippen LogP contribution in [0.3, 0.4) is 0 Å². The molecule has 0 saturated carbocycles. The molecule has 3 heterocycles. The molecule has 144 valence electrons. The van der Waals surface area contributed by atoms with Gasteiger partial charge in [-0.25, -0.2) is 14.4 Å². The summed E-state index contributed by atoms with van der Waals surface area (Å²) in [6.45, 7) is 2.02. The minimum Gasteiger partial charge on any atom is -0.340 e. The number of nitrogens with zero attached hydrogens (tertiary/aromatic N) is 5. The number of likely N-dealkylation sites (tertiary alicyclic amines) is 1. The number of rotatable bonds is 4. The summed E-state index contributed by atoms with van der Waals surface area (Å²) in [5.41, 5.74) is 2.30. The third-order valence-corrected chi connectivity index (χ3v) is 5.14. The van der Waals surface area contributed by atoms with Crippen LogP contribution < -0.4 is 10.6 Å². The van der Waals surface area contributed by atoms with Gasteiger partial charge in [0.05, 0.1) is 18.1 Å². The highest BCUT2D eigenvalue weighted by atomic mass is 31.0. The van der Waals surface area contributed by atoms with Gasteiger partial charge in [0.15, 0.2) is 0 Å². The Kier molecular flexibility index (Phi) is 5.55. The molecule has 0 radical (unpaired) electrons. The second-order valence-electron chi connectivity index (χ2n) is 7.13. The van der Waals surface area contributed by atoms with E-state index in [9.17, 15) is 4.39 Å². The van der Waals surface area contributed by atoms with Gasteiger partial charge >= 0.3 is 0 Å². The van der Waals surface area contributed by atoms with Gasteiger partial charge in [0.25, 0.3) is 0 Å². The summed E-state index contributed by atoms with van der Waals surface area (Å²) in [5.74, 6) is 1.40. The number of hydrogen-bond donors (Lipinski definition) is 1. The monoisotopic (exact) mass is 396 g/mol. The summed E-state index contributed by atoms with van der Waals surface area (Å²) < 4.78 is 13.8. The van der Waals surface area contributed by atoms with Crippen LogP contribution in [-0.2, 0) is 0 Å². The number of aromatic nitrogens is 4. The van der Waals surface area contributed by atoms with Gasteiger partial charge in [0, 0.05) is 29.8 Å². The van der Waals surface area contributed by atoms with Gasteiger partial charge in [-0.1, -0.05) is 0 Å². The molecule has 1 saturated heterocycles. The van der Waals surface area contributed by atoms with E-state index in [1.807, 2.05) is 18.2 Å². The van der Waals surface area contributed by atoms with Crippen molar-refractivity contribution in [3.63, 3.8) is 0 Å². The SMILES string of the molecule is CN1CCCC(c2nc(Nc3cc(F)cc(P)c3)cc(-c3ccnnc3)n2)C1. The second kappa shape index (κ2) is 8.25. The van der Waals surface area contributed by atoms with E-state index in [1.54, 1.807) is 12.4 Å². The summed E-state index contributed by atoms with van der Waals surface area (Å²) >= 11 is 0. The van der Waals surface area contributed by atoms with Gasteiger partial charge in [0.1, 0.15) is 17.5 Å². The van der Waals surface area contributed by atoms with Crippen molar-refractivity contribution in [1.29, 1.82) is 0 Å². The van der Waals surface area contributed by atoms with Crippen LogP contribution in [-0.4, -0.2) is 45.2 Å². The highest BCUT2D eigenvalue weighted by molar-refractivity contribution is 7.27. The Morgan fingerprint density at radius 1 is 1.18 bits per heavy atom. The fourth-order valence-corrected chi connectivity index (χ4v) is 3.85. The van der Waals surface area contributed by atoms with E-state index in [0.29, 0.717) is 11.5 Å². The molecule has 2 aromatic heterocycles. The van der Waals surface area contributed by atoms with Crippen molar-refractivity contribution in [3.05, 3.63) is 54.4 Å². The maximum atomic E-state index is 13.8. The minimum absolute atomic E-state index is 0.263. The van der Waals surface area contributed by atoms with Crippen LogP contribution >= 0.6 is 9.24 Å². The molecule has 28 heavy (non-hydrogen) atoms. The topological polar surface area (TPSA) is 66.8 Å². The number of hydrogen-bond acceptors (Lipinski definition) is 6. The molecule has 6 nitrogen and oxygen atoms in total. The molecule has 1 aromatic carbocycles. The largest absolute Gasteiger partial charge is 0.340 e. The van der Waals surface area contributed by atoms with Gasteiger partial charge in [-0.05, 0) is 56.0 Å². The normalized spacial score (nSPS) is 17.5. The van der Waals surface area contributed by atoms with Crippen molar-refractivity contribution in [1.82, 2.24) is 25.1 Å². The van der Waals surface area contributed by atoms with E-state index < -0.39 is 0 Å². The predicted molar refractivity (Wildman–Crippen MR) is 112 cm³/mol. The van der Waals surface area contributed by atoms with Crippen LogP contribution in [0.4, 0.5) is 15.9 Å². The maximum Gasteiger partial charge on any atom is 0.135 e. The number of anilines is 2. The average molecular weight is 396 g/mol. The first-order valence-corrected chi connectivity index (χ1v) is 9.82. The van der Waals surface area contributed by atoms with Crippen LogP contribution in [0, 0.1) is 5.82 Å². The third-order valence-electron chi connectivity index (χ3n) is 4.81. The van der Waals surface area contributed by atoms with Gasteiger partial charge in [-0.15, -0.1) is 9.24 Å². The van der Waals surface area contributed by atoms with Gasteiger partial charge in [0.2, 0.25) is 0 Å². The Hall–Kier alpha value is -2.50. The summed E-state index contributed by atoms with van der Waals surface area (Å²) in [6.07, 6.45) is 5.50. The zero-order chi connectivity index (χ0) is 19.5. The Bertz CT molecular complexity index is 948. The first-order chi connectivity index (χ1) is 13.6. The molecular weight excluding hydrogens is 374 g/mol. The van der Waals surface area contributed by atoms with Crippen LogP contribution in [0.15, 0.2) is 42.7 Å². The predicted octanol–water partition coefficient (Wildman–Crippen LogP) is 3.13. The molecule has 1 aliphatic rings. The second-order valence-corrected chi connectivity index (χ2v) is 7.79. The first-order valence-electron chi connectivity index (χ1n) is 9.24. The zero-order valence-electron chi connectivity index (χ0n) is 15.6. The number of likely N-dealkylation sites (N-methyl/N-ethyl adjacent to an activating group) is 1. The molecule has 1 fully saturated rings. The number of halogens is 1. The van der Waals surface area contributed by atoms with Crippen LogP contribution in [0.2, 0.25) is 0 Å². The van der Waals surface area contributed by atoms with E-state index >= 15 is 0 Å². The van der Waals surface area contributed by atoms with E-state index in [2.05, 4.69) is 36.7 Å². The van der Waals surface area contributed by atoms with E-state index in [-0.39, 0.29) is 11.7 Å². The molecule has 8 heteroatoms. The van der Waals surface area contributed by atoms with E-state index in [0.717, 1.165) is 48.3 Å². The highest BCUT2D eigenvalue weighted by Gasteiger charge is 2.22. The van der Waals surface area contributed by atoms with Crippen molar-refractivity contribution in [2.45, 2.75) is 18.8 Å². The summed E-state index contributed by atoms with van der Waals surface area (Å²) in [7, 11) is 4.64. The Balaban J connectivity index is 1.73. The molecule has 0 spiro atoms. The Morgan fingerprint density at radius 3 is 2.82 bits per heavy atom. The van der Waals surface area contributed by atoms with Crippen LogP contribution in [0.1, 0.15) is 24.6 Å². The van der Waals surface area contributed by atoms with E-state index in [4.69, 9.17) is 9.97 Å². The minimum atomic E-state index is -0.295. The summed E-state index contributed by atoms with van der Waals surface area (Å²) in [5, 5.41) is 11.8. The van der Waals surface area contributed by atoms with Crippen molar-refractivity contribution in [2.75, 3.05) is 25.5 Å². The lowest BCUT2D eigenvalue weighted by molar-refractivity contribution is 0.246. The van der Waals surface area contributed by atoms with E-state index in [1.165, 1.54) is 12.1 Å². The van der Waals surface area contributed by atoms with Crippen LogP contribution in [0.25, 0.3) is 11.3 Å². The standard InChI is InChI=1S/C20H22FN6P/c1-27-6-2-3-14(12-27)20-25-18(13-4-5-22-23-11-13)10-19(26-20)24-16-7-15(21)8-17(28)9-16/h4-5,7-11,14H,2-3,6,12,28H2,1H3,(H,24,25,26). The molecule has 4 rings (SSSR count). The fourth-order valence-electron chi connectivity index (χ4n) is 3.51. The molecule has 1 N–H and O–H groups in total. The number of benzene rings is 1. The lowest BCUT2D eigenvalue weighted by Gasteiger charge is -2.29. The molecule has 0 bridgehead atoms. The number of piperidine rings is 1. The molecule has 2 unspecified atom stereocenters. The lowest BCUT2D eigenvalue weighted by Crippen LogP contribution is -2.31. The third kappa shape index (κ3) is 4.49. The molecule has 2 atom stereocenters. The summed E-state index contributed by atoms with van der Waals surface area (Å²) in [4.78, 5) is 11.9. The molecule has 0 aliphatic carbocycles. The van der Waals surface area contributed by atoms with Crippen molar-refractivity contribution < 1.29 is 4.39 Å². The van der Waals surface area contributed by atoms with Crippen molar-refractivity contribution in [3.8, 4) is 11.3 Å². The van der Waals surface area contributed by atoms with Gasteiger partial charge in [-0.3, -0.25) is 0 Å². The number of nitrogens with one attached hydrogen (secondary N) is 1.